The van der Waals surface area contributed by atoms with E-state index in [4.69, 9.17) is 14.7 Å². The minimum absolute atomic E-state index is 0.0407. The van der Waals surface area contributed by atoms with Crippen LogP contribution in [0, 0.1) is 20.8 Å². The first-order chi connectivity index (χ1) is 31.7. The van der Waals surface area contributed by atoms with Crippen LogP contribution in [0.1, 0.15) is 86.4 Å². The molecule has 0 bridgehead atoms. The number of rotatable bonds is 9. The number of ether oxygens (including phenoxy) is 1. The zero-order valence-corrected chi connectivity index (χ0v) is 39.6. The number of hydrogen-bond donors (Lipinski definition) is 0. The number of fused-ring (bicyclic) bond motifs is 3. The molecule has 1 aliphatic rings. The van der Waals surface area contributed by atoms with E-state index in [1.165, 1.54) is 44.5 Å². The first-order valence-electron chi connectivity index (χ1n) is 23.2. The van der Waals surface area contributed by atoms with Crippen LogP contribution in [-0.4, -0.2) is 26.5 Å². The van der Waals surface area contributed by atoms with Gasteiger partial charge in [0.15, 0.2) is 0 Å². The number of amidine groups is 1. The minimum atomic E-state index is -0.573. The second-order valence-electron chi connectivity index (χ2n) is 19.9. The van der Waals surface area contributed by atoms with Crippen LogP contribution in [0.2, 0.25) is 0 Å². The molecule has 0 saturated carbocycles. The van der Waals surface area contributed by atoms with Gasteiger partial charge in [-0.1, -0.05) is 142 Å². The van der Waals surface area contributed by atoms with Gasteiger partial charge in [0.1, 0.15) is 23.0 Å². The van der Waals surface area contributed by atoms with Crippen LogP contribution in [0.25, 0.3) is 38.8 Å². The van der Waals surface area contributed by atoms with E-state index in [9.17, 15) is 0 Å². The molecule has 328 valence electrons. The van der Waals surface area contributed by atoms with Crippen molar-refractivity contribution in [3.05, 3.63) is 221 Å². The molecule has 0 aliphatic carbocycles. The van der Waals surface area contributed by atoms with Gasteiger partial charge in [-0.05, 0) is 140 Å². The molecule has 5 heteroatoms. The lowest BCUT2D eigenvalue weighted by molar-refractivity contribution is 0.279. The van der Waals surface area contributed by atoms with Crippen molar-refractivity contribution in [2.45, 2.75) is 84.7 Å². The van der Waals surface area contributed by atoms with Crippen molar-refractivity contribution in [3.63, 3.8) is 0 Å². The number of para-hydroxylation sites is 1. The molecule has 9 aromatic rings. The third-order valence-electron chi connectivity index (χ3n) is 14.0. The fraction of sp³-hybridized carbons (Fsp3) is 0.213. The van der Waals surface area contributed by atoms with Crippen LogP contribution in [0.5, 0.6) is 11.5 Å². The van der Waals surface area contributed by atoms with Gasteiger partial charge in [-0.2, -0.15) is 0 Å². The van der Waals surface area contributed by atoms with Crippen molar-refractivity contribution in [1.29, 1.82) is 0 Å². The lowest BCUT2D eigenvalue weighted by Gasteiger charge is -2.50. The maximum Gasteiger partial charge on any atom is 0.145 e. The quantitative estimate of drug-likeness (QED) is 0.145. The van der Waals surface area contributed by atoms with E-state index in [0.717, 1.165) is 56.3 Å². The topological polar surface area (TPSA) is 42.6 Å². The molecule has 1 aliphatic heterocycles. The molecule has 0 amide bonds. The second-order valence-corrected chi connectivity index (χ2v) is 19.9. The van der Waals surface area contributed by atoms with Crippen LogP contribution < -0.4 is 9.64 Å². The van der Waals surface area contributed by atoms with Crippen LogP contribution in [0.15, 0.2) is 187 Å². The van der Waals surface area contributed by atoms with Gasteiger partial charge < -0.3 is 9.64 Å². The molecule has 0 fully saturated rings. The Labute approximate surface area is 390 Å². The average molecular weight is 863 g/mol. The molecule has 0 spiro atoms. The normalized spacial score (nSPS) is 16.0. The Balaban J connectivity index is 1.19. The highest BCUT2D eigenvalue weighted by atomic mass is 16.5. The molecule has 7 aromatic carbocycles. The Morgan fingerprint density at radius 1 is 0.561 bits per heavy atom. The third kappa shape index (κ3) is 7.37. The fourth-order valence-corrected chi connectivity index (χ4v) is 10.4. The number of aromatic nitrogens is 2. The van der Waals surface area contributed by atoms with E-state index in [2.05, 4.69) is 242 Å². The largest absolute Gasteiger partial charge is 0.457 e. The van der Waals surface area contributed by atoms with Crippen molar-refractivity contribution in [3.8, 4) is 28.3 Å². The van der Waals surface area contributed by atoms with Crippen molar-refractivity contribution in [1.82, 2.24) is 9.55 Å². The lowest BCUT2D eigenvalue weighted by atomic mass is 9.66. The van der Waals surface area contributed by atoms with Crippen LogP contribution in [0.4, 0.5) is 5.69 Å². The standard InChI is InChI=1S/C61H58N4O/c1-40-30-31-54-53(33-40)52-29-20-32-62-58(52)64(54)49-37-48(59(4,5)6)38-51(39-49)66-50-35-46(43-23-13-10-14-24-43)34-47(36-50)57-63-60(7,8)61(9,65(57)56-41(2)21-19-22-42(56)3)55(44-25-15-11-16-26-44)45-27-17-12-18-28-45/h10-39,55H,1-9H3/t61-/m0/s1. The summed E-state index contributed by atoms with van der Waals surface area (Å²) >= 11 is 0. The Morgan fingerprint density at radius 3 is 1.83 bits per heavy atom. The smallest absolute Gasteiger partial charge is 0.145 e. The monoisotopic (exact) mass is 862 g/mol. The van der Waals surface area contributed by atoms with Gasteiger partial charge in [-0.3, -0.25) is 9.56 Å². The molecular formula is C61H58N4O. The summed E-state index contributed by atoms with van der Waals surface area (Å²) in [5.41, 5.74) is 13.3. The van der Waals surface area contributed by atoms with E-state index in [0.29, 0.717) is 0 Å². The molecular weight excluding hydrogens is 805 g/mol. The first-order valence-corrected chi connectivity index (χ1v) is 23.2. The highest BCUT2D eigenvalue weighted by Crippen LogP contribution is 2.54. The Hall–Kier alpha value is -7.24. The van der Waals surface area contributed by atoms with Gasteiger partial charge in [-0.15, -0.1) is 0 Å². The summed E-state index contributed by atoms with van der Waals surface area (Å²) < 4.78 is 9.51. The van der Waals surface area contributed by atoms with Crippen LogP contribution in [0.3, 0.4) is 0 Å². The highest BCUT2D eigenvalue weighted by molar-refractivity contribution is 6.15. The van der Waals surface area contributed by atoms with Crippen LogP contribution in [-0.2, 0) is 5.41 Å². The molecule has 2 aromatic heterocycles. The van der Waals surface area contributed by atoms with Gasteiger partial charge in [0.25, 0.3) is 0 Å². The average Bonchev–Trinajstić information content (AvgIpc) is 3.74. The number of pyridine rings is 1. The summed E-state index contributed by atoms with van der Waals surface area (Å²) in [4.78, 5) is 13.4. The van der Waals surface area contributed by atoms with Gasteiger partial charge in [0, 0.05) is 40.2 Å². The van der Waals surface area contributed by atoms with Gasteiger partial charge >= 0.3 is 0 Å². The van der Waals surface area contributed by atoms with E-state index >= 15 is 0 Å². The van der Waals surface area contributed by atoms with E-state index in [1.54, 1.807) is 0 Å². The van der Waals surface area contributed by atoms with E-state index in [1.807, 2.05) is 12.3 Å². The summed E-state index contributed by atoms with van der Waals surface area (Å²) in [5.74, 6) is 2.36. The summed E-state index contributed by atoms with van der Waals surface area (Å²) in [5, 5.41) is 2.31. The second kappa shape index (κ2) is 16.3. The number of hydrogen-bond acceptors (Lipinski definition) is 4. The lowest BCUT2D eigenvalue weighted by Crippen LogP contribution is -2.60. The Morgan fingerprint density at radius 2 is 1.18 bits per heavy atom. The fourth-order valence-electron chi connectivity index (χ4n) is 10.4. The SMILES string of the molecule is Cc1ccc2c(c1)c1cccnc1n2-c1cc(Oc2cc(C3=NC(C)(C)[C@](C)(C(c4ccccc4)c4ccccc4)N3c3c(C)cccc3C)cc(-c3ccccc3)c2)cc(C(C)(C)C)c1. The Kier molecular flexibility index (Phi) is 10.6. The molecule has 0 N–H and O–H groups in total. The van der Waals surface area contributed by atoms with Crippen molar-refractivity contribution >= 4 is 33.5 Å². The summed E-state index contributed by atoms with van der Waals surface area (Å²) in [7, 11) is 0. The van der Waals surface area contributed by atoms with Gasteiger partial charge in [-0.25, -0.2) is 4.98 Å². The number of benzene rings is 7. The molecule has 0 radical (unpaired) electrons. The number of anilines is 1. The molecule has 10 rings (SSSR count). The van der Waals surface area contributed by atoms with Crippen molar-refractivity contribution in [2.75, 3.05) is 4.90 Å². The molecule has 0 saturated heterocycles. The number of aryl methyl sites for hydroxylation is 3. The summed E-state index contributed by atoms with van der Waals surface area (Å²) in [6.45, 7) is 20.4. The van der Waals surface area contributed by atoms with E-state index < -0.39 is 11.1 Å². The predicted octanol–water partition coefficient (Wildman–Crippen LogP) is 15.5. The van der Waals surface area contributed by atoms with E-state index in [-0.39, 0.29) is 11.3 Å². The highest BCUT2D eigenvalue weighted by Gasteiger charge is 2.58. The van der Waals surface area contributed by atoms with Crippen molar-refractivity contribution in [2.24, 2.45) is 4.99 Å². The third-order valence-corrected chi connectivity index (χ3v) is 14.0. The Bertz CT molecular complexity index is 3230. The molecule has 3 heterocycles. The maximum atomic E-state index is 7.23. The van der Waals surface area contributed by atoms with Gasteiger partial charge in [0.2, 0.25) is 0 Å². The molecule has 66 heavy (non-hydrogen) atoms. The molecule has 5 nitrogen and oxygen atoms in total. The molecule has 0 unspecified atom stereocenters. The van der Waals surface area contributed by atoms with Crippen LogP contribution >= 0.6 is 0 Å². The van der Waals surface area contributed by atoms with Gasteiger partial charge in [0.05, 0.1) is 22.3 Å². The predicted molar refractivity (Wildman–Crippen MR) is 276 cm³/mol. The zero-order chi connectivity index (χ0) is 46.0. The van der Waals surface area contributed by atoms with Crippen molar-refractivity contribution < 1.29 is 4.74 Å². The zero-order valence-electron chi connectivity index (χ0n) is 39.6. The summed E-state index contributed by atoms with van der Waals surface area (Å²) in [6.07, 6.45) is 1.88. The first kappa shape index (κ1) is 42.7. The molecule has 1 atom stereocenters. The maximum absolute atomic E-state index is 7.23. The number of aliphatic imine (C=N–C) groups is 1. The summed E-state index contributed by atoms with van der Waals surface area (Å²) in [6, 6.07) is 63.4. The minimum Gasteiger partial charge on any atom is -0.457 e. The number of nitrogens with zero attached hydrogens (tertiary/aromatic N) is 4.